The molecular weight excluding hydrogens is 522 g/mol. The first kappa shape index (κ1) is 25.2. The molecule has 2 N–H and O–H groups in total. The van der Waals surface area contributed by atoms with Crippen molar-refractivity contribution in [1.29, 1.82) is 5.26 Å². The minimum Gasteiger partial charge on any atom is -0.375 e. The number of nitriles is 1. The Morgan fingerprint density at radius 2 is 1.80 bits per heavy atom. The molecule has 4 heterocycles. The highest BCUT2D eigenvalue weighted by Crippen LogP contribution is 2.37. The third-order valence-electron chi connectivity index (χ3n) is 6.81. The van der Waals surface area contributed by atoms with Gasteiger partial charge in [-0.2, -0.15) is 5.26 Å². The molecule has 1 atom stereocenters. The van der Waals surface area contributed by atoms with E-state index in [2.05, 4.69) is 26.3 Å². The van der Waals surface area contributed by atoms with E-state index in [1.54, 1.807) is 18.5 Å². The van der Waals surface area contributed by atoms with Crippen molar-refractivity contribution in [3.63, 3.8) is 0 Å². The van der Waals surface area contributed by atoms with Gasteiger partial charge >= 0.3 is 0 Å². The second kappa shape index (κ2) is 10.2. The van der Waals surface area contributed by atoms with Gasteiger partial charge in [0.1, 0.15) is 5.52 Å². The molecule has 0 spiro atoms. The van der Waals surface area contributed by atoms with Crippen LogP contribution in [0.2, 0.25) is 5.02 Å². The van der Waals surface area contributed by atoms with Crippen LogP contribution in [0.15, 0.2) is 83.9 Å². The molecular formula is C31H22ClN7O. The van der Waals surface area contributed by atoms with Gasteiger partial charge in [-0.25, -0.2) is 9.97 Å². The van der Waals surface area contributed by atoms with Gasteiger partial charge in [-0.1, -0.05) is 35.9 Å². The van der Waals surface area contributed by atoms with Crippen molar-refractivity contribution in [3.05, 3.63) is 111 Å². The third-order valence-corrected chi connectivity index (χ3v) is 7.10. The second-order valence-electron chi connectivity index (χ2n) is 9.41. The van der Waals surface area contributed by atoms with Crippen LogP contribution < -0.4 is 10.9 Å². The third kappa shape index (κ3) is 4.53. The summed E-state index contributed by atoms with van der Waals surface area (Å²) in [4.78, 5) is 34.4. The zero-order valence-electron chi connectivity index (χ0n) is 21.6. The Morgan fingerprint density at radius 1 is 0.950 bits per heavy atom. The average molecular weight is 544 g/mol. The highest BCUT2D eigenvalue weighted by atomic mass is 35.5. The molecule has 0 saturated carbocycles. The number of aromatic nitrogens is 5. The number of halogens is 1. The number of fused-ring (bicyclic) bond motifs is 2. The summed E-state index contributed by atoms with van der Waals surface area (Å²) in [6.45, 7) is 3.83. The van der Waals surface area contributed by atoms with Crippen LogP contribution in [0, 0.1) is 18.3 Å². The summed E-state index contributed by atoms with van der Waals surface area (Å²) >= 11 is 6.68. The second-order valence-corrected chi connectivity index (χ2v) is 9.82. The Labute approximate surface area is 234 Å². The highest BCUT2D eigenvalue weighted by molar-refractivity contribution is 6.35. The van der Waals surface area contributed by atoms with Crippen LogP contribution in [0.3, 0.4) is 0 Å². The van der Waals surface area contributed by atoms with Gasteiger partial charge in [-0.05, 0) is 55.8 Å². The van der Waals surface area contributed by atoms with Crippen LogP contribution in [-0.2, 0) is 0 Å². The van der Waals surface area contributed by atoms with Crippen molar-refractivity contribution < 1.29 is 0 Å². The number of hydrogen-bond donors (Lipinski definition) is 2. The highest BCUT2D eigenvalue weighted by Gasteiger charge is 2.20. The smallest absolute Gasteiger partial charge is 0.251 e. The number of benzene rings is 2. The van der Waals surface area contributed by atoms with Gasteiger partial charge in [-0.3, -0.25) is 14.8 Å². The molecule has 194 valence electrons. The predicted molar refractivity (Wildman–Crippen MR) is 157 cm³/mol. The first-order chi connectivity index (χ1) is 19.4. The Kier molecular flexibility index (Phi) is 6.42. The first-order valence-electron chi connectivity index (χ1n) is 12.6. The zero-order chi connectivity index (χ0) is 27.8. The normalized spacial score (nSPS) is 11.8. The van der Waals surface area contributed by atoms with E-state index in [0.29, 0.717) is 44.3 Å². The maximum atomic E-state index is 12.7. The van der Waals surface area contributed by atoms with Crippen molar-refractivity contribution in [1.82, 2.24) is 24.9 Å². The number of aromatic amines is 1. The molecule has 0 aliphatic carbocycles. The van der Waals surface area contributed by atoms with Gasteiger partial charge in [0.15, 0.2) is 5.65 Å². The van der Waals surface area contributed by atoms with E-state index in [-0.39, 0.29) is 11.6 Å². The van der Waals surface area contributed by atoms with Crippen LogP contribution in [0.5, 0.6) is 0 Å². The van der Waals surface area contributed by atoms with Crippen molar-refractivity contribution in [2.24, 2.45) is 0 Å². The summed E-state index contributed by atoms with van der Waals surface area (Å²) in [5, 5.41) is 14.4. The lowest BCUT2D eigenvalue weighted by Crippen LogP contribution is -2.14. The van der Waals surface area contributed by atoms with Crippen LogP contribution in [0.25, 0.3) is 44.6 Å². The molecule has 0 aliphatic heterocycles. The molecule has 6 aromatic rings. The average Bonchev–Trinajstić information content (AvgIpc) is 2.97. The van der Waals surface area contributed by atoms with Gasteiger partial charge in [0.05, 0.1) is 51.0 Å². The molecule has 0 fully saturated rings. The SMILES string of the molecule is Cc1c(C#N)cccc1-c1nc2[nH]c(=O)cc(NC(C)c3ccccn3)c2nc1-c1cc(Cl)c2ncccc2c1. The summed E-state index contributed by atoms with van der Waals surface area (Å²) < 4.78 is 0. The van der Waals surface area contributed by atoms with Crippen molar-refractivity contribution in [3.8, 4) is 28.6 Å². The zero-order valence-corrected chi connectivity index (χ0v) is 22.4. The van der Waals surface area contributed by atoms with Crippen LogP contribution >= 0.6 is 11.6 Å². The maximum Gasteiger partial charge on any atom is 0.251 e. The van der Waals surface area contributed by atoms with Gasteiger partial charge in [0, 0.05) is 35.0 Å². The van der Waals surface area contributed by atoms with Crippen molar-refractivity contribution in [2.75, 3.05) is 5.32 Å². The molecule has 0 bridgehead atoms. The Hall–Kier alpha value is -5.13. The fraction of sp³-hybridized carbons (Fsp3) is 0.0968. The fourth-order valence-electron chi connectivity index (χ4n) is 4.80. The molecule has 8 nitrogen and oxygen atoms in total. The Morgan fingerprint density at radius 3 is 2.60 bits per heavy atom. The topological polar surface area (TPSA) is 120 Å². The number of rotatable bonds is 5. The predicted octanol–water partition coefficient (Wildman–Crippen LogP) is 6.60. The lowest BCUT2D eigenvalue weighted by Gasteiger charge is -2.18. The summed E-state index contributed by atoms with van der Waals surface area (Å²) in [5.41, 5.74) is 6.32. The molecule has 0 amide bonds. The van der Waals surface area contributed by atoms with E-state index >= 15 is 0 Å². The summed E-state index contributed by atoms with van der Waals surface area (Å²) in [6, 6.07) is 22.2. The van der Waals surface area contributed by atoms with E-state index in [4.69, 9.17) is 21.6 Å². The molecule has 2 aromatic carbocycles. The number of pyridine rings is 3. The van der Waals surface area contributed by atoms with E-state index in [9.17, 15) is 10.1 Å². The van der Waals surface area contributed by atoms with E-state index in [1.807, 2.05) is 68.4 Å². The van der Waals surface area contributed by atoms with Gasteiger partial charge in [-0.15, -0.1) is 0 Å². The van der Waals surface area contributed by atoms with E-state index < -0.39 is 0 Å². The lowest BCUT2D eigenvalue weighted by molar-refractivity contribution is 0.839. The summed E-state index contributed by atoms with van der Waals surface area (Å²) in [6.07, 6.45) is 3.42. The van der Waals surface area contributed by atoms with E-state index in [0.717, 1.165) is 27.8 Å². The molecule has 4 aromatic heterocycles. The van der Waals surface area contributed by atoms with Gasteiger partial charge in [0.2, 0.25) is 0 Å². The lowest BCUT2D eigenvalue weighted by atomic mass is 9.96. The fourth-order valence-corrected chi connectivity index (χ4v) is 5.07. The molecule has 0 aliphatic rings. The molecule has 6 rings (SSSR count). The Balaban J connectivity index is 1.63. The van der Waals surface area contributed by atoms with Gasteiger partial charge < -0.3 is 10.3 Å². The standard InChI is InChI=1S/C31H22ClN7O/c1-17-20(16-33)7-5-9-22(17)29-28(21-13-19-8-6-12-35-27(19)23(32)14-21)38-30-25(15-26(40)37-31(30)39-29)36-18(2)24-10-3-4-11-34-24/h3-15,18H,1-2H3,(H2,36,37,39,40). The number of nitrogens with one attached hydrogen (secondary N) is 2. The Bertz CT molecular complexity index is 2020. The minimum absolute atomic E-state index is 0.202. The quantitative estimate of drug-likeness (QED) is 0.251. The van der Waals surface area contributed by atoms with Crippen molar-refractivity contribution in [2.45, 2.75) is 19.9 Å². The molecule has 0 radical (unpaired) electrons. The van der Waals surface area contributed by atoms with Crippen LogP contribution in [0.4, 0.5) is 5.69 Å². The number of H-pyrrole nitrogens is 1. The molecule has 40 heavy (non-hydrogen) atoms. The van der Waals surface area contributed by atoms with Crippen LogP contribution in [0.1, 0.15) is 29.8 Å². The summed E-state index contributed by atoms with van der Waals surface area (Å²) in [5.74, 6) is 0. The monoisotopic (exact) mass is 543 g/mol. The van der Waals surface area contributed by atoms with E-state index in [1.165, 1.54) is 6.07 Å². The minimum atomic E-state index is -0.321. The molecule has 9 heteroatoms. The first-order valence-corrected chi connectivity index (χ1v) is 13.0. The number of anilines is 1. The molecule has 0 saturated heterocycles. The van der Waals surface area contributed by atoms with Gasteiger partial charge in [0.25, 0.3) is 5.56 Å². The van der Waals surface area contributed by atoms with Crippen molar-refractivity contribution >= 4 is 39.4 Å². The molecule has 1 unspecified atom stereocenters. The van der Waals surface area contributed by atoms with Crippen LogP contribution in [-0.4, -0.2) is 24.9 Å². The maximum absolute atomic E-state index is 12.7. The number of hydrogen-bond acceptors (Lipinski definition) is 7. The summed E-state index contributed by atoms with van der Waals surface area (Å²) in [7, 11) is 0. The number of nitrogens with zero attached hydrogens (tertiary/aromatic N) is 5. The largest absolute Gasteiger partial charge is 0.375 e.